The summed E-state index contributed by atoms with van der Waals surface area (Å²) in [6, 6.07) is 1.75. The first kappa shape index (κ1) is 15.6. The SMILES string of the molecule is Cc1cc(C(=O)NC(C)(CN)CC(C)C)c(C)nn1. The van der Waals surface area contributed by atoms with Crippen LogP contribution in [0.4, 0.5) is 0 Å². The molecule has 1 heterocycles. The van der Waals surface area contributed by atoms with E-state index in [0.29, 0.717) is 23.7 Å². The third-order valence-electron chi connectivity index (χ3n) is 3.07. The molecule has 0 saturated heterocycles. The van der Waals surface area contributed by atoms with Gasteiger partial charge in [0.05, 0.1) is 17.0 Å². The Morgan fingerprint density at radius 1 is 1.42 bits per heavy atom. The summed E-state index contributed by atoms with van der Waals surface area (Å²) < 4.78 is 0. The zero-order chi connectivity index (χ0) is 14.6. The van der Waals surface area contributed by atoms with Gasteiger partial charge in [0.1, 0.15) is 0 Å². The second-order valence-corrected chi connectivity index (χ2v) is 5.80. The van der Waals surface area contributed by atoms with E-state index in [2.05, 4.69) is 29.4 Å². The van der Waals surface area contributed by atoms with Crippen molar-refractivity contribution in [2.75, 3.05) is 6.54 Å². The van der Waals surface area contributed by atoms with E-state index in [1.807, 2.05) is 13.8 Å². The molecule has 5 nitrogen and oxygen atoms in total. The summed E-state index contributed by atoms with van der Waals surface area (Å²) in [5, 5.41) is 10.9. The number of carbonyl (C=O) groups is 1. The van der Waals surface area contributed by atoms with E-state index in [9.17, 15) is 4.79 Å². The Kier molecular flexibility index (Phi) is 5.00. The summed E-state index contributed by atoms with van der Waals surface area (Å²) in [5.41, 5.74) is 7.34. The highest BCUT2D eigenvalue weighted by molar-refractivity contribution is 5.95. The minimum atomic E-state index is -0.394. The number of carbonyl (C=O) groups excluding carboxylic acids is 1. The number of aromatic nitrogens is 2. The third-order valence-corrected chi connectivity index (χ3v) is 3.07. The molecule has 0 spiro atoms. The van der Waals surface area contributed by atoms with Crippen molar-refractivity contribution in [3.8, 4) is 0 Å². The first-order valence-corrected chi connectivity index (χ1v) is 6.61. The molecule has 106 valence electrons. The van der Waals surface area contributed by atoms with Crippen LogP contribution in [0.1, 0.15) is 48.9 Å². The number of nitrogens with zero attached hydrogens (tertiary/aromatic N) is 2. The maximum atomic E-state index is 12.3. The second kappa shape index (κ2) is 6.10. The molecule has 1 amide bonds. The molecule has 0 aliphatic carbocycles. The Hall–Kier alpha value is -1.49. The van der Waals surface area contributed by atoms with Gasteiger partial charge in [-0.3, -0.25) is 4.79 Å². The summed E-state index contributed by atoms with van der Waals surface area (Å²) >= 11 is 0. The maximum Gasteiger partial charge on any atom is 0.253 e. The summed E-state index contributed by atoms with van der Waals surface area (Å²) in [7, 11) is 0. The molecule has 0 bridgehead atoms. The molecule has 0 aromatic carbocycles. The van der Waals surface area contributed by atoms with Gasteiger partial charge in [0.25, 0.3) is 5.91 Å². The molecule has 0 radical (unpaired) electrons. The summed E-state index contributed by atoms with van der Waals surface area (Å²) in [6.07, 6.45) is 0.839. The fourth-order valence-corrected chi connectivity index (χ4v) is 2.21. The predicted molar refractivity (Wildman–Crippen MR) is 75.9 cm³/mol. The van der Waals surface area contributed by atoms with Crippen molar-refractivity contribution in [2.45, 2.75) is 46.6 Å². The van der Waals surface area contributed by atoms with Gasteiger partial charge in [-0.05, 0) is 39.2 Å². The van der Waals surface area contributed by atoms with Crippen LogP contribution in [0.3, 0.4) is 0 Å². The van der Waals surface area contributed by atoms with Crippen molar-refractivity contribution < 1.29 is 4.79 Å². The monoisotopic (exact) mass is 264 g/mol. The number of rotatable bonds is 5. The Balaban J connectivity index is 2.91. The second-order valence-electron chi connectivity index (χ2n) is 5.80. The van der Waals surface area contributed by atoms with E-state index in [4.69, 9.17) is 5.73 Å². The highest BCUT2D eigenvalue weighted by atomic mass is 16.1. The average Bonchev–Trinajstić information content (AvgIpc) is 2.31. The van der Waals surface area contributed by atoms with Crippen LogP contribution in [0.5, 0.6) is 0 Å². The van der Waals surface area contributed by atoms with Crippen molar-refractivity contribution in [1.29, 1.82) is 0 Å². The van der Waals surface area contributed by atoms with Crippen LogP contribution in [-0.2, 0) is 0 Å². The highest BCUT2D eigenvalue weighted by Crippen LogP contribution is 2.16. The zero-order valence-corrected chi connectivity index (χ0v) is 12.4. The molecule has 1 unspecified atom stereocenters. The van der Waals surface area contributed by atoms with E-state index in [0.717, 1.165) is 12.1 Å². The lowest BCUT2D eigenvalue weighted by Gasteiger charge is -2.31. The minimum Gasteiger partial charge on any atom is -0.346 e. The summed E-state index contributed by atoms with van der Waals surface area (Å²) in [4.78, 5) is 12.3. The van der Waals surface area contributed by atoms with Gasteiger partial charge in [0.15, 0.2) is 0 Å². The van der Waals surface area contributed by atoms with Crippen molar-refractivity contribution in [1.82, 2.24) is 15.5 Å². The lowest BCUT2D eigenvalue weighted by Crippen LogP contribution is -2.52. The van der Waals surface area contributed by atoms with Crippen molar-refractivity contribution >= 4 is 5.91 Å². The third kappa shape index (κ3) is 4.28. The Morgan fingerprint density at radius 3 is 2.58 bits per heavy atom. The molecule has 1 rings (SSSR count). The van der Waals surface area contributed by atoms with Crippen LogP contribution < -0.4 is 11.1 Å². The van der Waals surface area contributed by atoms with Gasteiger partial charge in [-0.1, -0.05) is 13.8 Å². The number of nitrogens with two attached hydrogens (primary N) is 1. The van der Waals surface area contributed by atoms with Crippen molar-refractivity contribution in [3.05, 3.63) is 23.0 Å². The summed E-state index contributed by atoms with van der Waals surface area (Å²) in [5.74, 6) is 0.330. The largest absolute Gasteiger partial charge is 0.346 e. The Labute approximate surface area is 115 Å². The van der Waals surface area contributed by atoms with Crippen LogP contribution >= 0.6 is 0 Å². The molecular formula is C14H24N4O. The van der Waals surface area contributed by atoms with Crippen LogP contribution in [-0.4, -0.2) is 28.2 Å². The first-order chi connectivity index (χ1) is 8.77. The molecule has 0 aliphatic rings. The van der Waals surface area contributed by atoms with Gasteiger partial charge in [-0.25, -0.2) is 0 Å². The number of amides is 1. The molecule has 0 saturated carbocycles. The van der Waals surface area contributed by atoms with Gasteiger partial charge in [-0.15, -0.1) is 0 Å². The van der Waals surface area contributed by atoms with Crippen LogP contribution in [0.2, 0.25) is 0 Å². The smallest absolute Gasteiger partial charge is 0.253 e. The Bertz CT molecular complexity index is 459. The molecule has 5 heteroatoms. The predicted octanol–water partition coefficient (Wildman–Crippen LogP) is 1.59. The molecular weight excluding hydrogens is 240 g/mol. The summed E-state index contributed by atoms with van der Waals surface area (Å²) in [6.45, 7) is 10.2. The molecule has 1 atom stereocenters. The molecule has 1 aromatic rings. The van der Waals surface area contributed by atoms with Crippen molar-refractivity contribution in [2.24, 2.45) is 11.7 Å². The zero-order valence-electron chi connectivity index (χ0n) is 12.4. The van der Waals surface area contributed by atoms with Crippen LogP contribution in [0, 0.1) is 19.8 Å². The van der Waals surface area contributed by atoms with Gasteiger partial charge >= 0.3 is 0 Å². The van der Waals surface area contributed by atoms with Crippen LogP contribution in [0.25, 0.3) is 0 Å². The molecule has 1 aromatic heterocycles. The topological polar surface area (TPSA) is 80.9 Å². The van der Waals surface area contributed by atoms with Gasteiger partial charge < -0.3 is 11.1 Å². The minimum absolute atomic E-state index is 0.135. The molecule has 3 N–H and O–H groups in total. The van der Waals surface area contributed by atoms with E-state index in [-0.39, 0.29) is 5.91 Å². The Morgan fingerprint density at radius 2 is 2.05 bits per heavy atom. The standard InChI is InChI=1S/C14H24N4O/c1-9(2)7-14(5,8-15)16-13(19)12-6-10(3)17-18-11(12)4/h6,9H,7-8,15H2,1-5H3,(H,16,19). The number of aryl methyl sites for hydroxylation is 2. The van der Waals surface area contributed by atoms with Crippen molar-refractivity contribution in [3.63, 3.8) is 0 Å². The molecule has 0 aliphatic heterocycles. The fourth-order valence-electron chi connectivity index (χ4n) is 2.21. The van der Waals surface area contributed by atoms with E-state index >= 15 is 0 Å². The van der Waals surface area contributed by atoms with Gasteiger partial charge in [-0.2, -0.15) is 10.2 Å². The van der Waals surface area contributed by atoms with E-state index in [1.165, 1.54) is 0 Å². The number of hydrogen-bond acceptors (Lipinski definition) is 4. The normalized spacial score (nSPS) is 14.3. The van der Waals surface area contributed by atoms with E-state index < -0.39 is 5.54 Å². The lowest BCUT2D eigenvalue weighted by atomic mass is 9.90. The molecule has 0 fully saturated rings. The van der Waals surface area contributed by atoms with E-state index in [1.54, 1.807) is 13.0 Å². The number of hydrogen-bond donors (Lipinski definition) is 2. The quantitative estimate of drug-likeness (QED) is 0.846. The number of nitrogens with one attached hydrogen (secondary N) is 1. The van der Waals surface area contributed by atoms with Gasteiger partial charge in [0.2, 0.25) is 0 Å². The molecule has 19 heavy (non-hydrogen) atoms. The highest BCUT2D eigenvalue weighted by Gasteiger charge is 2.27. The lowest BCUT2D eigenvalue weighted by molar-refractivity contribution is 0.0897. The maximum absolute atomic E-state index is 12.3. The fraction of sp³-hybridized carbons (Fsp3) is 0.643. The van der Waals surface area contributed by atoms with Gasteiger partial charge in [0, 0.05) is 12.1 Å². The average molecular weight is 264 g/mol. The van der Waals surface area contributed by atoms with Crippen LogP contribution in [0.15, 0.2) is 6.07 Å². The first-order valence-electron chi connectivity index (χ1n) is 6.61.